The minimum absolute atomic E-state index is 0.789. The van der Waals surface area contributed by atoms with Gasteiger partial charge in [0.1, 0.15) is 17.7 Å². The number of anilines is 1. The molecular formula is C19H27N5. The number of imidazole rings is 1. The first-order chi connectivity index (χ1) is 11.8. The molecule has 0 aromatic carbocycles. The summed E-state index contributed by atoms with van der Waals surface area (Å²) in [4.78, 5) is 19.5. The first-order valence-corrected chi connectivity index (χ1v) is 9.42. The molecule has 1 saturated carbocycles. The van der Waals surface area contributed by atoms with E-state index in [1.807, 2.05) is 0 Å². The maximum atomic E-state index is 4.72. The van der Waals surface area contributed by atoms with Crippen LogP contribution in [0.3, 0.4) is 0 Å². The molecule has 0 amide bonds. The molecule has 24 heavy (non-hydrogen) atoms. The van der Waals surface area contributed by atoms with Crippen molar-refractivity contribution in [3.05, 3.63) is 18.2 Å². The Labute approximate surface area is 143 Å². The Morgan fingerprint density at radius 2 is 2.00 bits per heavy atom. The summed E-state index contributed by atoms with van der Waals surface area (Å²) in [6.07, 6.45) is 15.6. The van der Waals surface area contributed by atoms with Gasteiger partial charge in [-0.1, -0.05) is 25.3 Å². The molecule has 0 aliphatic heterocycles. The van der Waals surface area contributed by atoms with Gasteiger partial charge in [0, 0.05) is 13.6 Å². The van der Waals surface area contributed by atoms with E-state index >= 15 is 0 Å². The molecule has 1 fully saturated rings. The van der Waals surface area contributed by atoms with Crippen molar-refractivity contribution in [2.75, 3.05) is 18.5 Å². The predicted molar refractivity (Wildman–Crippen MR) is 98.0 cm³/mol. The molecule has 2 aromatic heterocycles. The Hall–Kier alpha value is -1.91. The van der Waals surface area contributed by atoms with Crippen molar-refractivity contribution >= 4 is 22.6 Å². The standard InChI is InChI=1S/C19H27N5/c1-24(12-14-8-4-2-5-9-14)19-16-18(20-13-21-19)23-17(22-16)15-10-6-3-7-11-15/h10,13-14H,2-9,11-12H2,1H3,(H,20,21,22,23). The van der Waals surface area contributed by atoms with Crippen LogP contribution < -0.4 is 4.90 Å². The van der Waals surface area contributed by atoms with Crippen molar-refractivity contribution in [3.8, 4) is 0 Å². The van der Waals surface area contributed by atoms with Crippen LogP contribution in [0, 0.1) is 5.92 Å². The molecular weight excluding hydrogens is 298 g/mol. The van der Waals surface area contributed by atoms with E-state index in [2.05, 4.69) is 33.0 Å². The number of H-pyrrole nitrogens is 1. The largest absolute Gasteiger partial charge is 0.358 e. The fourth-order valence-electron chi connectivity index (χ4n) is 4.15. The fourth-order valence-corrected chi connectivity index (χ4v) is 4.15. The molecule has 2 aliphatic rings. The van der Waals surface area contributed by atoms with Crippen molar-refractivity contribution in [1.29, 1.82) is 0 Å². The summed E-state index contributed by atoms with van der Waals surface area (Å²) in [6, 6.07) is 0. The summed E-state index contributed by atoms with van der Waals surface area (Å²) >= 11 is 0. The predicted octanol–water partition coefficient (Wildman–Crippen LogP) is 4.33. The van der Waals surface area contributed by atoms with E-state index in [9.17, 15) is 0 Å². The van der Waals surface area contributed by atoms with Gasteiger partial charge in [-0.25, -0.2) is 15.0 Å². The van der Waals surface area contributed by atoms with Crippen LogP contribution >= 0.6 is 0 Å². The zero-order valence-electron chi connectivity index (χ0n) is 14.6. The zero-order valence-corrected chi connectivity index (χ0v) is 14.6. The van der Waals surface area contributed by atoms with Crippen LogP contribution in [-0.2, 0) is 0 Å². The molecule has 128 valence electrons. The molecule has 0 saturated heterocycles. The molecule has 0 unspecified atom stereocenters. The first-order valence-electron chi connectivity index (χ1n) is 9.42. The maximum absolute atomic E-state index is 4.72. The smallest absolute Gasteiger partial charge is 0.183 e. The van der Waals surface area contributed by atoms with E-state index in [1.165, 1.54) is 50.5 Å². The molecule has 5 heteroatoms. The van der Waals surface area contributed by atoms with Crippen LogP contribution in [0.2, 0.25) is 0 Å². The van der Waals surface area contributed by atoms with Gasteiger partial charge in [0.15, 0.2) is 11.5 Å². The fraction of sp³-hybridized carbons (Fsp3) is 0.632. The van der Waals surface area contributed by atoms with Crippen molar-refractivity contribution in [1.82, 2.24) is 19.9 Å². The van der Waals surface area contributed by atoms with Gasteiger partial charge in [-0.3, -0.25) is 0 Å². The van der Waals surface area contributed by atoms with Gasteiger partial charge in [0.05, 0.1) is 0 Å². The van der Waals surface area contributed by atoms with Crippen LogP contribution in [0.5, 0.6) is 0 Å². The average Bonchev–Trinajstić information content (AvgIpc) is 3.07. The third-order valence-electron chi connectivity index (χ3n) is 5.48. The van der Waals surface area contributed by atoms with E-state index in [4.69, 9.17) is 4.98 Å². The Kier molecular flexibility index (Phi) is 4.50. The minimum Gasteiger partial charge on any atom is -0.358 e. The number of aromatic nitrogens is 4. The highest BCUT2D eigenvalue weighted by atomic mass is 15.2. The van der Waals surface area contributed by atoms with Crippen LogP contribution in [0.15, 0.2) is 12.4 Å². The number of aromatic amines is 1. The molecule has 0 bridgehead atoms. The summed E-state index contributed by atoms with van der Waals surface area (Å²) in [7, 11) is 2.15. The summed E-state index contributed by atoms with van der Waals surface area (Å²) in [5, 5.41) is 0. The Morgan fingerprint density at radius 1 is 1.12 bits per heavy atom. The van der Waals surface area contributed by atoms with Gasteiger partial charge in [-0.15, -0.1) is 0 Å². The van der Waals surface area contributed by atoms with E-state index in [0.29, 0.717) is 0 Å². The summed E-state index contributed by atoms with van der Waals surface area (Å²) in [6.45, 7) is 1.07. The third kappa shape index (κ3) is 3.17. The number of rotatable bonds is 4. The molecule has 1 N–H and O–H groups in total. The number of allylic oxidation sites excluding steroid dienone is 2. The van der Waals surface area contributed by atoms with Crippen molar-refractivity contribution in [2.45, 2.75) is 57.8 Å². The number of nitrogens with one attached hydrogen (secondary N) is 1. The molecule has 5 nitrogen and oxygen atoms in total. The van der Waals surface area contributed by atoms with Gasteiger partial charge in [0.2, 0.25) is 0 Å². The molecule has 0 radical (unpaired) electrons. The summed E-state index contributed by atoms with van der Waals surface area (Å²) < 4.78 is 0. The van der Waals surface area contributed by atoms with Gasteiger partial charge in [-0.05, 0) is 50.0 Å². The molecule has 2 heterocycles. The van der Waals surface area contributed by atoms with E-state index < -0.39 is 0 Å². The summed E-state index contributed by atoms with van der Waals surface area (Å²) in [5.41, 5.74) is 3.11. The van der Waals surface area contributed by atoms with Gasteiger partial charge < -0.3 is 9.88 Å². The SMILES string of the molecule is CN(CC1CCCCC1)c1ncnc2nc(C3=CCCCC3)[nH]c12. The Morgan fingerprint density at radius 3 is 2.79 bits per heavy atom. The van der Waals surface area contributed by atoms with Crippen LogP contribution in [-0.4, -0.2) is 33.5 Å². The lowest BCUT2D eigenvalue weighted by molar-refractivity contribution is 0.362. The van der Waals surface area contributed by atoms with E-state index in [0.717, 1.165) is 48.1 Å². The lowest BCUT2D eigenvalue weighted by Gasteiger charge is -2.27. The number of hydrogen-bond donors (Lipinski definition) is 1. The van der Waals surface area contributed by atoms with Gasteiger partial charge >= 0.3 is 0 Å². The number of nitrogens with zero attached hydrogens (tertiary/aromatic N) is 4. The average molecular weight is 325 g/mol. The minimum atomic E-state index is 0.789. The molecule has 2 aromatic rings. The second kappa shape index (κ2) is 6.91. The number of hydrogen-bond acceptors (Lipinski definition) is 4. The molecule has 0 spiro atoms. The van der Waals surface area contributed by atoms with Crippen LogP contribution in [0.1, 0.15) is 63.6 Å². The van der Waals surface area contributed by atoms with Gasteiger partial charge in [-0.2, -0.15) is 0 Å². The van der Waals surface area contributed by atoms with Crippen LogP contribution in [0.25, 0.3) is 16.7 Å². The van der Waals surface area contributed by atoms with Gasteiger partial charge in [0.25, 0.3) is 0 Å². The van der Waals surface area contributed by atoms with E-state index in [1.54, 1.807) is 6.33 Å². The Balaban J connectivity index is 1.60. The zero-order chi connectivity index (χ0) is 16.4. The molecule has 2 aliphatic carbocycles. The van der Waals surface area contributed by atoms with Crippen LogP contribution in [0.4, 0.5) is 5.82 Å². The Bertz CT molecular complexity index is 726. The van der Waals surface area contributed by atoms with Crippen molar-refractivity contribution in [3.63, 3.8) is 0 Å². The molecule has 4 rings (SSSR count). The van der Waals surface area contributed by atoms with Crippen molar-refractivity contribution in [2.24, 2.45) is 5.92 Å². The van der Waals surface area contributed by atoms with E-state index in [-0.39, 0.29) is 0 Å². The lowest BCUT2D eigenvalue weighted by atomic mass is 9.89. The number of fused-ring (bicyclic) bond motifs is 1. The second-order valence-corrected chi connectivity index (χ2v) is 7.34. The maximum Gasteiger partial charge on any atom is 0.183 e. The lowest BCUT2D eigenvalue weighted by Crippen LogP contribution is -2.27. The molecule has 0 atom stereocenters. The van der Waals surface area contributed by atoms with Crippen molar-refractivity contribution < 1.29 is 0 Å². The summed E-state index contributed by atoms with van der Waals surface area (Å²) in [5.74, 6) is 2.76. The highest BCUT2D eigenvalue weighted by Crippen LogP contribution is 2.30. The second-order valence-electron chi connectivity index (χ2n) is 7.34. The normalized spacial score (nSPS) is 19.5. The highest BCUT2D eigenvalue weighted by molar-refractivity contribution is 5.85. The monoisotopic (exact) mass is 325 g/mol. The topological polar surface area (TPSA) is 57.7 Å². The quantitative estimate of drug-likeness (QED) is 0.909. The third-order valence-corrected chi connectivity index (χ3v) is 5.48. The first kappa shape index (κ1) is 15.6. The highest BCUT2D eigenvalue weighted by Gasteiger charge is 2.20.